The highest BCUT2D eigenvalue weighted by atomic mass is 16.7. The van der Waals surface area contributed by atoms with Gasteiger partial charge >= 0.3 is 17.9 Å². The number of carbonyl (C=O) groups excluding carboxylic acids is 2. The number of quaternary nitrogens is 1. The van der Waals surface area contributed by atoms with Crippen molar-refractivity contribution in [2.24, 2.45) is 0 Å². The van der Waals surface area contributed by atoms with Crippen molar-refractivity contribution in [3.05, 3.63) is 24.3 Å². The van der Waals surface area contributed by atoms with Gasteiger partial charge in [-0.3, -0.25) is 9.59 Å². The minimum Gasteiger partial charge on any atom is -0.477 e. The molecule has 9 heteroatoms. The van der Waals surface area contributed by atoms with Crippen molar-refractivity contribution >= 4 is 17.9 Å². The minimum absolute atomic E-state index is 0.174. The monoisotopic (exact) mass is 1070 g/mol. The molecule has 0 amide bonds. The maximum atomic E-state index is 12.9. The number of aliphatic carboxylic acids is 1. The number of rotatable bonds is 62. The first kappa shape index (κ1) is 73.8. The zero-order valence-corrected chi connectivity index (χ0v) is 51.2. The number of hydrogen-bond donors (Lipinski definition) is 1. The Labute approximate surface area is 471 Å². The van der Waals surface area contributed by atoms with Crippen LogP contribution in [0.2, 0.25) is 0 Å². The molecule has 0 aliphatic carbocycles. The molecule has 0 radical (unpaired) electrons. The summed E-state index contributed by atoms with van der Waals surface area (Å²) in [5.74, 6) is -1.98. The number of hydrogen-bond acceptors (Lipinski definition) is 7. The second-order valence-electron chi connectivity index (χ2n) is 23.8. The van der Waals surface area contributed by atoms with Crippen molar-refractivity contribution in [1.82, 2.24) is 0 Å². The van der Waals surface area contributed by atoms with Crippen molar-refractivity contribution in [3.8, 4) is 0 Å². The van der Waals surface area contributed by atoms with Crippen LogP contribution in [0.4, 0.5) is 0 Å². The van der Waals surface area contributed by atoms with Gasteiger partial charge in [0.1, 0.15) is 13.2 Å². The fraction of sp³-hybridized carbons (Fsp3) is 0.896. The third-order valence-electron chi connectivity index (χ3n) is 15.0. The van der Waals surface area contributed by atoms with Crippen molar-refractivity contribution in [2.75, 3.05) is 47.5 Å². The number of allylic oxidation sites excluding steroid dienone is 4. The Hall–Kier alpha value is -2.23. The van der Waals surface area contributed by atoms with Crippen LogP contribution in [-0.4, -0.2) is 87.4 Å². The van der Waals surface area contributed by atoms with E-state index in [0.717, 1.165) is 44.9 Å². The van der Waals surface area contributed by atoms with E-state index in [9.17, 15) is 19.5 Å². The second kappa shape index (κ2) is 58.9. The van der Waals surface area contributed by atoms with Gasteiger partial charge in [0.2, 0.25) is 0 Å². The molecule has 0 bridgehead atoms. The topological polar surface area (TPSA) is 108 Å². The van der Waals surface area contributed by atoms with E-state index >= 15 is 0 Å². The summed E-state index contributed by atoms with van der Waals surface area (Å²) in [7, 11) is 5.98. The van der Waals surface area contributed by atoms with E-state index in [1.807, 2.05) is 21.1 Å². The third kappa shape index (κ3) is 59.4. The Kier molecular flexibility index (Phi) is 57.2. The largest absolute Gasteiger partial charge is 0.477 e. The molecule has 448 valence electrons. The summed E-state index contributed by atoms with van der Waals surface area (Å²) in [6, 6.07) is 0. The molecule has 2 atom stereocenters. The summed E-state index contributed by atoms with van der Waals surface area (Å²) in [6.07, 6.45) is 68.8. The number of esters is 2. The molecule has 0 aromatic heterocycles. The third-order valence-corrected chi connectivity index (χ3v) is 15.0. The lowest BCUT2D eigenvalue weighted by Crippen LogP contribution is -2.40. The van der Waals surface area contributed by atoms with E-state index in [2.05, 4.69) is 38.2 Å². The lowest BCUT2D eigenvalue weighted by Gasteiger charge is -2.25. The summed E-state index contributed by atoms with van der Waals surface area (Å²) in [4.78, 5) is 37.4. The Morgan fingerprint density at radius 3 is 1.04 bits per heavy atom. The maximum absolute atomic E-state index is 12.9. The summed E-state index contributed by atoms with van der Waals surface area (Å²) < 4.78 is 22.9. The summed E-state index contributed by atoms with van der Waals surface area (Å²) in [6.45, 7) is 4.91. The molecule has 0 fully saturated rings. The van der Waals surface area contributed by atoms with E-state index < -0.39 is 18.4 Å². The first-order chi connectivity index (χ1) is 37.1. The highest BCUT2D eigenvalue weighted by molar-refractivity contribution is 5.71. The Morgan fingerprint density at radius 2 is 0.711 bits per heavy atom. The molecule has 9 nitrogen and oxygen atoms in total. The first-order valence-corrected chi connectivity index (χ1v) is 33.0. The summed E-state index contributed by atoms with van der Waals surface area (Å²) >= 11 is 0. The van der Waals surface area contributed by atoms with Crippen molar-refractivity contribution in [3.63, 3.8) is 0 Å². The van der Waals surface area contributed by atoms with Crippen LogP contribution >= 0.6 is 0 Å². The average molecular weight is 1080 g/mol. The highest BCUT2D eigenvalue weighted by Crippen LogP contribution is 2.18. The number of carboxylic acids is 1. The molecule has 0 saturated carbocycles. The van der Waals surface area contributed by atoms with Gasteiger partial charge in [0, 0.05) is 12.8 Å². The van der Waals surface area contributed by atoms with Gasteiger partial charge in [-0.15, -0.1) is 0 Å². The molecule has 76 heavy (non-hydrogen) atoms. The molecule has 0 heterocycles. The van der Waals surface area contributed by atoms with Gasteiger partial charge in [-0.25, -0.2) is 4.79 Å². The number of nitrogens with zero attached hydrogens (tertiary/aromatic N) is 1. The molecule has 0 rings (SSSR count). The van der Waals surface area contributed by atoms with Crippen LogP contribution in [0.5, 0.6) is 0 Å². The van der Waals surface area contributed by atoms with Crippen LogP contribution in [0.15, 0.2) is 24.3 Å². The maximum Gasteiger partial charge on any atom is 0.361 e. The second-order valence-corrected chi connectivity index (χ2v) is 23.8. The molecule has 0 aromatic carbocycles. The summed E-state index contributed by atoms with van der Waals surface area (Å²) in [5, 5.41) is 9.70. The zero-order valence-electron chi connectivity index (χ0n) is 51.2. The number of likely N-dealkylation sites (N-methyl/N-ethyl adjacent to an activating group) is 1. The molecule has 0 aromatic rings. The van der Waals surface area contributed by atoms with Crippen molar-refractivity contribution in [2.45, 2.75) is 341 Å². The molecule has 2 unspecified atom stereocenters. The van der Waals surface area contributed by atoms with Gasteiger partial charge in [0.15, 0.2) is 6.10 Å². The fourth-order valence-corrected chi connectivity index (χ4v) is 9.87. The smallest absolute Gasteiger partial charge is 0.361 e. The number of unbranched alkanes of at least 4 members (excludes halogenated alkanes) is 43. The van der Waals surface area contributed by atoms with Gasteiger partial charge in [0.25, 0.3) is 6.29 Å². The highest BCUT2D eigenvalue weighted by Gasteiger charge is 2.25. The molecule has 1 N–H and O–H groups in total. The molecule has 0 spiro atoms. The number of carboxylic acid groups (broad SMARTS) is 1. The molecule has 0 aliphatic heterocycles. The van der Waals surface area contributed by atoms with Gasteiger partial charge in [0.05, 0.1) is 34.4 Å². The molecular formula is C67H128NO8+. The van der Waals surface area contributed by atoms with E-state index in [1.54, 1.807) is 0 Å². The van der Waals surface area contributed by atoms with Crippen LogP contribution in [0.25, 0.3) is 0 Å². The Morgan fingerprint density at radius 1 is 0.395 bits per heavy atom. The lowest BCUT2D eigenvalue weighted by atomic mass is 10.0. The lowest BCUT2D eigenvalue weighted by molar-refractivity contribution is -0.870. The van der Waals surface area contributed by atoms with Crippen LogP contribution in [-0.2, 0) is 33.3 Å². The number of carbonyl (C=O) groups is 3. The van der Waals surface area contributed by atoms with Crippen LogP contribution < -0.4 is 0 Å². The normalized spacial score (nSPS) is 12.8. The van der Waals surface area contributed by atoms with Crippen LogP contribution in [0.3, 0.4) is 0 Å². The zero-order chi connectivity index (χ0) is 55.5. The Bertz CT molecular complexity index is 1300. The van der Waals surface area contributed by atoms with E-state index in [1.165, 1.54) is 257 Å². The van der Waals surface area contributed by atoms with Crippen LogP contribution in [0, 0.1) is 0 Å². The quantitative estimate of drug-likeness (QED) is 0.0211. The predicted octanol–water partition coefficient (Wildman–Crippen LogP) is 19.9. The molecule has 0 aliphatic rings. The van der Waals surface area contributed by atoms with E-state index in [4.69, 9.17) is 18.9 Å². The average Bonchev–Trinajstić information content (AvgIpc) is 3.39. The SMILES string of the molecule is CCCCCCC/C=C\C/C=C\CCCCCCCCCCCCCCCCCCCCCCCCCCCCCC(=O)OC(COC(=O)CCCCCCCCCCCCCC)COC(OCC[N+](C)(C)C)C(=O)O. The van der Waals surface area contributed by atoms with Gasteiger partial charge in [-0.2, -0.15) is 0 Å². The first-order valence-electron chi connectivity index (χ1n) is 33.0. The van der Waals surface area contributed by atoms with E-state index in [-0.39, 0.29) is 38.2 Å². The summed E-state index contributed by atoms with van der Waals surface area (Å²) in [5.41, 5.74) is 0. The van der Waals surface area contributed by atoms with Gasteiger partial charge < -0.3 is 28.5 Å². The molecule has 0 saturated heterocycles. The fourth-order valence-electron chi connectivity index (χ4n) is 9.87. The minimum atomic E-state index is -1.50. The van der Waals surface area contributed by atoms with Gasteiger partial charge in [-0.1, -0.05) is 295 Å². The molecular weight excluding hydrogens is 947 g/mol. The predicted molar refractivity (Wildman–Crippen MR) is 323 cm³/mol. The van der Waals surface area contributed by atoms with Crippen molar-refractivity contribution in [1.29, 1.82) is 0 Å². The van der Waals surface area contributed by atoms with Crippen LogP contribution in [0.1, 0.15) is 328 Å². The standard InChI is InChI=1S/C67H127NO8/c1-6-8-10-12-14-16-18-20-21-22-23-24-25-26-27-28-29-30-31-32-33-34-35-36-37-38-39-40-41-42-43-44-45-46-48-50-52-54-56-58-65(70)76-63(62-75-67(66(71)72)73-60-59-68(3,4)5)61-74-64(69)57-55-53-51-49-47-19-17-15-13-11-9-7-2/h18,20,22-23,63,67H,6-17,19,21,24-62H2,1-5H3/p+1/b20-18-,23-22-. The Balaban J connectivity index is 3.88. The van der Waals surface area contributed by atoms with E-state index in [0.29, 0.717) is 17.4 Å². The van der Waals surface area contributed by atoms with Gasteiger partial charge in [-0.05, 0) is 44.9 Å². The number of ether oxygens (including phenoxy) is 4. The van der Waals surface area contributed by atoms with Crippen molar-refractivity contribution < 1.29 is 42.9 Å².